The Morgan fingerprint density at radius 1 is 1.50 bits per heavy atom. The molecule has 4 nitrogen and oxygen atoms in total. The average molecular weight is 221 g/mol. The molecule has 0 amide bonds. The Hall–Kier alpha value is -1.55. The molecule has 0 heterocycles. The van der Waals surface area contributed by atoms with Gasteiger partial charge in [-0.15, -0.1) is 0 Å². The number of nitrogens with two attached hydrogens (primary N) is 1. The molecule has 0 atom stereocenters. The number of methoxy groups -OCH3 is 1. The second kappa shape index (κ2) is 5.51. The van der Waals surface area contributed by atoms with Crippen LogP contribution >= 0.6 is 0 Å². The van der Waals surface area contributed by atoms with Crippen LogP contribution in [0.25, 0.3) is 0 Å². The van der Waals surface area contributed by atoms with Crippen LogP contribution in [0.3, 0.4) is 0 Å². The normalized spacial score (nSPS) is 10.5. The fraction of sp³-hybridized carbons (Fsp3) is 0.417. The van der Waals surface area contributed by atoms with E-state index in [2.05, 4.69) is 11.8 Å². The molecule has 1 aromatic rings. The van der Waals surface area contributed by atoms with Gasteiger partial charge in [-0.1, -0.05) is 6.92 Å². The zero-order valence-electron chi connectivity index (χ0n) is 10.1. The van der Waals surface area contributed by atoms with Crippen molar-refractivity contribution in [3.8, 4) is 5.75 Å². The lowest BCUT2D eigenvalue weighted by Gasteiger charge is -2.17. The Kier molecular flexibility index (Phi) is 4.31. The van der Waals surface area contributed by atoms with E-state index in [1.54, 1.807) is 13.2 Å². The minimum atomic E-state index is 0.0862. The maximum atomic E-state index is 7.41. The van der Waals surface area contributed by atoms with Gasteiger partial charge >= 0.3 is 0 Å². The summed E-state index contributed by atoms with van der Waals surface area (Å²) in [5.74, 6) is 0.924. The summed E-state index contributed by atoms with van der Waals surface area (Å²) >= 11 is 0. The Bertz CT molecular complexity index is 377. The van der Waals surface area contributed by atoms with Gasteiger partial charge in [-0.3, -0.25) is 5.41 Å². The lowest BCUT2D eigenvalue weighted by atomic mass is 10.1. The molecule has 1 aromatic carbocycles. The second-order valence-electron chi connectivity index (χ2n) is 3.77. The van der Waals surface area contributed by atoms with Gasteiger partial charge in [0.15, 0.2) is 0 Å². The largest absolute Gasteiger partial charge is 0.496 e. The molecule has 0 bridgehead atoms. The molecule has 0 fully saturated rings. The SMILES string of the molecule is CCN(C)Cc1cc(C(=N)N)ccc1OC. The predicted octanol–water partition coefficient (Wildman–Crippen LogP) is 1.43. The molecular formula is C12H19N3O. The molecule has 0 saturated carbocycles. The van der Waals surface area contributed by atoms with Gasteiger partial charge in [0.1, 0.15) is 11.6 Å². The Morgan fingerprint density at radius 2 is 2.19 bits per heavy atom. The van der Waals surface area contributed by atoms with Crippen LogP contribution in [0.15, 0.2) is 18.2 Å². The molecule has 0 radical (unpaired) electrons. The van der Waals surface area contributed by atoms with Crippen molar-refractivity contribution in [2.45, 2.75) is 13.5 Å². The van der Waals surface area contributed by atoms with Crippen molar-refractivity contribution in [1.82, 2.24) is 4.90 Å². The first kappa shape index (κ1) is 12.5. The van der Waals surface area contributed by atoms with E-state index < -0.39 is 0 Å². The highest BCUT2D eigenvalue weighted by Crippen LogP contribution is 2.21. The molecule has 0 aromatic heterocycles. The first-order valence-electron chi connectivity index (χ1n) is 5.28. The minimum Gasteiger partial charge on any atom is -0.496 e. The fourth-order valence-electron chi connectivity index (χ4n) is 1.47. The number of ether oxygens (including phenoxy) is 1. The number of nitrogens with one attached hydrogen (secondary N) is 1. The molecule has 0 spiro atoms. The lowest BCUT2D eigenvalue weighted by molar-refractivity contribution is 0.333. The molecule has 1 rings (SSSR count). The average Bonchev–Trinajstić information content (AvgIpc) is 2.28. The van der Waals surface area contributed by atoms with Gasteiger partial charge in [-0.2, -0.15) is 0 Å². The molecule has 0 saturated heterocycles. The van der Waals surface area contributed by atoms with Crippen LogP contribution in [0.4, 0.5) is 0 Å². The van der Waals surface area contributed by atoms with E-state index in [-0.39, 0.29) is 5.84 Å². The van der Waals surface area contributed by atoms with Crippen LogP contribution in [0, 0.1) is 5.41 Å². The van der Waals surface area contributed by atoms with E-state index in [0.717, 1.165) is 30.0 Å². The number of hydrogen-bond donors (Lipinski definition) is 2. The molecule has 16 heavy (non-hydrogen) atoms. The van der Waals surface area contributed by atoms with Crippen LogP contribution in [-0.2, 0) is 6.54 Å². The molecule has 0 aliphatic carbocycles. The van der Waals surface area contributed by atoms with Crippen molar-refractivity contribution < 1.29 is 4.74 Å². The molecule has 0 aliphatic heterocycles. The molecular weight excluding hydrogens is 202 g/mol. The van der Waals surface area contributed by atoms with E-state index in [1.807, 2.05) is 19.2 Å². The maximum Gasteiger partial charge on any atom is 0.123 e. The van der Waals surface area contributed by atoms with Gasteiger partial charge in [0, 0.05) is 17.7 Å². The van der Waals surface area contributed by atoms with Crippen LogP contribution < -0.4 is 10.5 Å². The number of nitrogen functional groups attached to an aromatic ring is 1. The van der Waals surface area contributed by atoms with Gasteiger partial charge in [0.05, 0.1) is 7.11 Å². The third-order valence-electron chi connectivity index (χ3n) is 2.57. The van der Waals surface area contributed by atoms with E-state index in [4.69, 9.17) is 15.9 Å². The second-order valence-corrected chi connectivity index (χ2v) is 3.77. The summed E-state index contributed by atoms with van der Waals surface area (Å²) in [6.07, 6.45) is 0. The van der Waals surface area contributed by atoms with Gasteiger partial charge in [0.2, 0.25) is 0 Å². The summed E-state index contributed by atoms with van der Waals surface area (Å²) < 4.78 is 5.29. The third kappa shape index (κ3) is 2.97. The Labute approximate surface area is 96.5 Å². The summed E-state index contributed by atoms with van der Waals surface area (Å²) in [6, 6.07) is 5.57. The number of rotatable bonds is 5. The Morgan fingerprint density at radius 3 is 2.69 bits per heavy atom. The van der Waals surface area contributed by atoms with Gasteiger partial charge in [-0.05, 0) is 31.8 Å². The lowest BCUT2D eigenvalue weighted by Crippen LogP contribution is -2.18. The Balaban J connectivity index is 3.02. The van der Waals surface area contributed by atoms with E-state index in [0.29, 0.717) is 0 Å². The molecule has 0 unspecified atom stereocenters. The van der Waals surface area contributed by atoms with E-state index >= 15 is 0 Å². The molecule has 3 N–H and O–H groups in total. The zero-order valence-corrected chi connectivity index (χ0v) is 10.1. The summed E-state index contributed by atoms with van der Waals surface area (Å²) in [4.78, 5) is 2.17. The van der Waals surface area contributed by atoms with Crippen molar-refractivity contribution in [1.29, 1.82) is 5.41 Å². The standard InChI is InChI=1S/C12H19N3O/c1-4-15(2)8-10-7-9(12(13)14)5-6-11(10)16-3/h5-7H,4,8H2,1-3H3,(H3,13,14). The number of benzene rings is 1. The van der Waals surface area contributed by atoms with Crippen LogP contribution in [0.5, 0.6) is 5.75 Å². The number of hydrogen-bond acceptors (Lipinski definition) is 3. The first-order valence-corrected chi connectivity index (χ1v) is 5.28. The highest BCUT2D eigenvalue weighted by Gasteiger charge is 2.07. The van der Waals surface area contributed by atoms with Gasteiger partial charge in [-0.25, -0.2) is 0 Å². The van der Waals surface area contributed by atoms with Crippen LogP contribution in [-0.4, -0.2) is 31.4 Å². The summed E-state index contributed by atoms with van der Waals surface area (Å²) in [5.41, 5.74) is 7.26. The van der Waals surface area contributed by atoms with Gasteiger partial charge in [0.25, 0.3) is 0 Å². The minimum absolute atomic E-state index is 0.0862. The first-order chi connectivity index (χ1) is 7.58. The van der Waals surface area contributed by atoms with Crippen molar-refractivity contribution in [2.75, 3.05) is 20.7 Å². The highest BCUT2D eigenvalue weighted by molar-refractivity contribution is 5.95. The smallest absolute Gasteiger partial charge is 0.123 e. The van der Waals surface area contributed by atoms with Crippen molar-refractivity contribution >= 4 is 5.84 Å². The van der Waals surface area contributed by atoms with E-state index in [9.17, 15) is 0 Å². The third-order valence-corrected chi connectivity index (χ3v) is 2.57. The van der Waals surface area contributed by atoms with Crippen molar-refractivity contribution in [2.24, 2.45) is 5.73 Å². The van der Waals surface area contributed by atoms with Gasteiger partial charge < -0.3 is 15.4 Å². The molecule has 4 heteroatoms. The van der Waals surface area contributed by atoms with E-state index in [1.165, 1.54) is 0 Å². The fourth-order valence-corrected chi connectivity index (χ4v) is 1.47. The summed E-state index contributed by atoms with van der Waals surface area (Å²) in [5, 5.41) is 7.41. The maximum absolute atomic E-state index is 7.41. The zero-order chi connectivity index (χ0) is 12.1. The van der Waals surface area contributed by atoms with Crippen molar-refractivity contribution in [3.05, 3.63) is 29.3 Å². The van der Waals surface area contributed by atoms with Crippen molar-refractivity contribution in [3.63, 3.8) is 0 Å². The predicted molar refractivity (Wildman–Crippen MR) is 66.0 cm³/mol. The topological polar surface area (TPSA) is 62.3 Å². The quantitative estimate of drug-likeness (QED) is 0.584. The monoisotopic (exact) mass is 221 g/mol. The van der Waals surface area contributed by atoms with Crippen LogP contribution in [0.2, 0.25) is 0 Å². The summed E-state index contributed by atoms with van der Waals surface area (Å²) in [7, 11) is 3.69. The van der Waals surface area contributed by atoms with Crippen LogP contribution in [0.1, 0.15) is 18.1 Å². The molecule has 88 valence electrons. The number of amidine groups is 1. The molecule has 0 aliphatic rings. The highest BCUT2D eigenvalue weighted by atomic mass is 16.5. The summed E-state index contributed by atoms with van der Waals surface area (Å²) in [6.45, 7) is 3.86. The number of nitrogens with zero attached hydrogens (tertiary/aromatic N) is 1.